The molecule has 4 rings (SSSR count). The number of carbonyl (C=O) groups excluding carboxylic acids is 1. The largest absolute Gasteiger partial charge is 0.373 e. The Balaban J connectivity index is 1.76. The topological polar surface area (TPSA) is 62.5 Å². The third-order valence-corrected chi connectivity index (χ3v) is 5.62. The zero-order chi connectivity index (χ0) is 20.5. The highest BCUT2D eigenvalue weighted by atomic mass is 19.1. The fourth-order valence-electron chi connectivity index (χ4n) is 3.95. The minimum absolute atomic E-state index is 0.0670. The van der Waals surface area contributed by atoms with Crippen molar-refractivity contribution >= 4 is 17.4 Å². The number of benzene rings is 1. The first-order valence-electron chi connectivity index (χ1n) is 10.1. The predicted molar refractivity (Wildman–Crippen MR) is 112 cm³/mol. The lowest BCUT2D eigenvalue weighted by Crippen LogP contribution is -2.38. The van der Waals surface area contributed by atoms with Gasteiger partial charge >= 0.3 is 0 Å². The fraction of sp³-hybridized carbons (Fsp3) is 0.409. The molecule has 1 amide bonds. The number of likely N-dealkylation sites (tertiary alicyclic amines) is 1. The van der Waals surface area contributed by atoms with Crippen molar-refractivity contribution in [2.75, 3.05) is 18.9 Å². The lowest BCUT2D eigenvalue weighted by atomic mass is 10.1. The van der Waals surface area contributed by atoms with E-state index in [2.05, 4.69) is 22.3 Å². The molecule has 0 bridgehead atoms. The normalized spacial score (nSPS) is 17.4. The van der Waals surface area contributed by atoms with Crippen LogP contribution in [0.2, 0.25) is 0 Å². The first kappa shape index (κ1) is 19.4. The quantitative estimate of drug-likeness (QED) is 0.719. The van der Waals surface area contributed by atoms with E-state index in [9.17, 15) is 9.18 Å². The minimum Gasteiger partial charge on any atom is -0.373 e. The van der Waals surface area contributed by atoms with Gasteiger partial charge in [-0.1, -0.05) is 18.9 Å². The van der Waals surface area contributed by atoms with Crippen molar-refractivity contribution in [2.45, 2.75) is 45.6 Å². The zero-order valence-corrected chi connectivity index (χ0v) is 17.1. The van der Waals surface area contributed by atoms with E-state index in [1.54, 1.807) is 29.8 Å². The van der Waals surface area contributed by atoms with Crippen LogP contribution in [-0.2, 0) is 0 Å². The molecule has 0 spiro atoms. The van der Waals surface area contributed by atoms with Gasteiger partial charge in [0.25, 0.3) is 5.91 Å². The molecule has 1 saturated heterocycles. The number of aryl methyl sites for hydroxylation is 1. The number of aromatic nitrogens is 3. The highest BCUT2D eigenvalue weighted by Crippen LogP contribution is 2.26. The average Bonchev–Trinajstić information content (AvgIpc) is 3.01. The van der Waals surface area contributed by atoms with E-state index < -0.39 is 0 Å². The Morgan fingerprint density at radius 3 is 2.79 bits per heavy atom. The molecule has 2 aromatic heterocycles. The van der Waals surface area contributed by atoms with E-state index in [1.807, 2.05) is 17.9 Å². The van der Waals surface area contributed by atoms with Gasteiger partial charge in [-0.25, -0.2) is 9.37 Å². The fourth-order valence-corrected chi connectivity index (χ4v) is 3.95. The molecule has 0 radical (unpaired) electrons. The van der Waals surface area contributed by atoms with Crippen LogP contribution in [0.1, 0.15) is 48.7 Å². The Labute approximate surface area is 169 Å². The number of rotatable bonds is 3. The number of amides is 1. The molecule has 1 atom stereocenters. The number of fused-ring (bicyclic) bond motifs is 1. The molecular weight excluding hydrogens is 369 g/mol. The van der Waals surface area contributed by atoms with Gasteiger partial charge in [-0.3, -0.25) is 4.79 Å². The van der Waals surface area contributed by atoms with Crippen LogP contribution < -0.4 is 5.32 Å². The third-order valence-electron chi connectivity index (χ3n) is 5.62. The summed E-state index contributed by atoms with van der Waals surface area (Å²) < 4.78 is 16.0. The molecule has 1 N–H and O–H groups in total. The molecule has 0 aliphatic carbocycles. The summed E-state index contributed by atoms with van der Waals surface area (Å²) in [5.41, 5.74) is 2.64. The van der Waals surface area contributed by atoms with Gasteiger partial charge in [-0.2, -0.15) is 9.61 Å². The van der Waals surface area contributed by atoms with E-state index in [1.165, 1.54) is 6.07 Å². The first-order valence-corrected chi connectivity index (χ1v) is 10.1. The Hall–Kier alpha value is -2.96. The predicted octanol–water partition coefficient (Wildman–Crippen LogP) is 4.29. The van der Waals surface area contributed by atoms with Crippen molar-refractivity contribution in [3.8, 4) is 11.3 Å². The monoisotopic (exact) mass is 395 g/mol. The summed E-state index contributed by atoms with van der Waals surface area (Å²) >= 11 is 0. The van der Waals surface area contributed by atoms with Crippen LogP contribution in [0.3, 0.4) is 0 Å². The molecule has 152 valence electrons. The molecule has 6 nitrogen and oxygen atoms in total. The average molecular weight is 395 g/mol. The van der Waals surface area contributed by atoms with E-state index >= 15 is 0 Å². The summed E-state index contributed by atoms with van der Waals surface area (Å²) in [6, 6.07) is 8.69. The lowest BCUT2D eigenvalue weighted by Gasteiger charge is -2.27. The zero-order valence-electron chi connectivity index (χ0n) is 17.1. The molecule has 1 unspecified atom stereocenters. The molecule has 0 saturated carbocycles. The summed E-state index contributed by atoms with van der Waals surface area (Å²) in [4.78, 5) is 19.7. The molecule has 1 aromatic carbocycles. The number of hydrogen-bond donors (Lipinski definition) is 1. The Kier molecular flexibility index (Phi) is 5.22. The van der Waals surface area contributed by atoms with E-state index in [4.69, 9.17) is 0 Å². The number of anilines is 1. The second-order valence-corrected chi connectivity index (χ2v) is 7.76. The highest BCUT2D eigenvalue weighted by Gasteiger charge is 2.25. The molecule has 7 heteroatoms. The standard InChI is InChI=1S/C22H26FN5O/c1-14-8-9-16(17(23)11-14)18-12-21-25-19(13-20(24-3)28(21)26-18)22(29)27-10-6-4-5-7-15(27)2/h8-9,11-13,15,24H,4-7,10H2,1-3H3. The molecule has 29 heavy (non-hydrogen) atoms. The summed E-state index contributed by atoms with van der Waals surface area (Å²) in [5.74, 6) is 0.247. The molecule has 1 aliphatic rings. The van der Waals surface area contributed by atoms with E-state index in [0.29, 0.717) is 28.4 Å². The van der Waals surface area contributed by atoms with Crippen molar-refractivity contribution in [2.24, 2.45) is 0 Å². The van der Waals surface area contributed by atoms with E-state index in [-0.39, 0.29) is 17.8 Å². The smallest absolute Gasteiger partial charge is 0.272 e. The number of halogens is 1. The number of nitrogens with zero attached hydrogens (tertiary/aromatic N) is 4. The Morgan fingerprint density at radius 2 is 2.03 bits per heavy atom. The van der Waals surface area contributed by atoms with Gasteiger partial charge in [0.2, 0.25) is 0 Å². The summed E-state index contributed by atoms with van der Waals surface area (Å²) in [5, 5.41) is 7.59. The van der Waals surface area contributed by atoms with Crippen molar-refractivity contribution in [3.63, 3.8) is 0 Å². The molecule has 1 fully saturated rings. The molecular formula is C22H26FN5O. The van der Waals surface area contributed by atoms with Crippen LogP contribution in [0.15, 0.2) is 30.3 Å². The van der Waals surface area contributed by atoms with Crippen LogP contribution in [-0.4, -0.2) is 45.0 Å². The maximum atomic E-state index is 14.4. The van der Waals surface area contributed by atoms with Crippen LogP contribution >= 0.6 is 0 Å². The van der Waals surface area contributed by atoms with Gasteiger partial charge in [-0.05, 0) is 44.4 Å². The Bertz CT molecular complexity index is 1060. The van der Waals surface area contributed by atoms with Crippen molar-refractivity contribution in [1.82, 2.24) is 19.5 Å². The maximum Gasteiger partial charge on any atom is 0.272 e. The lowest BCUT2D eigenvalue weighted by molar-refractivity contribution is 0.0692. The molecule has 3 aromatic rings. The SMILES string of the molecule is CNc1cc(C(=O)N2CCCCCC2C)nc2cc(-c3ccc(C)cc3F)nn12. The van der Waals surface area contributed by atoms with E-state index in [0.717, 1.165) is 37.8 Å². The number of hydrogen-bond acceptors (Lipinski definition) is 4. The second-order valence-electron chi connectivity index (χ2n) is 7.76. The number of nitrogens with one attached hydrogen (secondary N) is 1. The minimum atomic E-state index is -0.325. The Morgan fingerprint density at radius 1 is 1.21 bits per heavy atom. The van der Waals surface area contributed by atoms with Gasteiger partial charge in [-0.15, -0.1) is 0 Å². The highest BCUT2D eigenvalue weighted by molar-refractivity contribution is 5.94. The summed E-state index contributed by atoms with van der Waals surface area (Å²) in [7, 11) is 1.77. The van der Waals surface area contributed by atoms with Crippen molar-refractivity contribution in [3.05, 3.63) is 47.4 Å². The molecule has 1 aliphatic heterocycles. The van der Waals surface area contributed by atoms with Crippen LogP contribution in [0.5, 0.6) is 0 Å². The number of carbonyl (C=O) groups is 1. The van der Waals surface area contributed by atoms with Gasteiger partial charge < -0.3 is 10.2 Å². The van der Waals surface area contributed by atoms with Crippen molar-refractivity contribution < 1.29 is 9.18 Å². The van der Waals surface area contributed by atoms with Crippen LogP contribution in [0, 0.1) is 12.7 Å². The van der Waals surface area contributed by atoms with Gasteiger partial charge in [0.05, 0.1) is 5.69 Å². The van der Waals surface area contributed by atoms with Crippen LogP contribution in [0.25, 0.3) is 16.9 Å². The summed E-state index contributed by atoms with van der Waals surface area (Å²) in [6.45, 7) is 4.69. The van der Waals surface area contributed by atoms with Gasteiger partial charge in [0.1, 0.15) is 17.3 Å². The van der Waals surface area contributed by atoms with Gasteiger partial charge in [0.15, 0.2) is 5.65 Å². The van der Waals surface area contributed by atoms with Crippen molar-refractivity contribution in [1.29, 1.82) is 0 Å². The second kappa shape index (κ2) is 7.81. The third kappa shape index (κ3) is 3.69. The maximum absolute atomic E-state index is 14.4. The van der Waals surface area contributed by atoms with Gasteiger partial charge in [0, 0.05) is 37.3 Å². The molecule has 3 heterocycles. The van der Waals surface area contributed by atoms with Crippen LogP contribution in [0.4, 0.5) is 10.2 Å². The summed E-state index contributed by atoms with van der Waals surface area (Å²) in [6.07, 6.45) is 4.32. The first-order chi connectivity index (χ1) is 14.0.